The van der Waals surface area contributed by atoms with Crippen LogP contribution < -0.4 is 0 Å². The molecule has 1 aromatic carbocycles. The van der Waals surface area contributed by atoms with Crippen LogP contribution in [0.2, 0.25) is 0 Å². The highest BCUT2D eigenvalue weighted by atomic mass is 16.3. The minimum Gasteiger partial charge on any atom is -0.509 e. The van der Waals surface area contributed by atoms with Crippen LogP contribution >= 0.6 is 0 Å². The molecule has 1 aromatic rings. The van der Waals surface area contributed by atoms with Crippen molar-refractivity contribution in [3.05, 3.63) is 73.5 Å². The predicted molar refractivity (Wildman–Crippen MR) is 101 cm³/mol. The molecule has 0 fully saturated rings. The molecule has 21 heavy (non-hydrogen) atoms. The molecule has 0 amide bonds. The van der Waals surface area contributed by atoms with Crippen LogP contribution in [0.15, 0.2) is 68.0 Å². The van der Waals surface area contributed by atoms with Crippen molar-refractivity contribution in [3.8, 4) is 0 Å². The van der Waals surface area contributed by atoms with Crippen LogP contribution in [-0.2, 0) is 0 Å². The van der Waals surface area contributed by atoms with Gasteiger partial charge in [0, 0.05) is 0 Å². The van der Waals surface area contributed by atoms with Gasteiger partial charge in [0.2, 0.25) is 0 Å². The van der Waals surface area contributed by atoms with Crippen molar-refractivity contribution in [2.24, 2.45) is 5.92 Å². The van der Waals surface area contributed by atoms with Gasteiger partial charge in [-0.25, -0.2) is 0 Å². The lowest BCUT2D eigenvalue weighted by Crippen LogP contribution is -1.66. The van der Waals surface area contributed by atoms with Crippen molar-refractivity contribution in [1.29, 1.82) is 0 Å². The zero-order chi connectivity index (χ0) is 17.7. The first-order chi connectivity index (χ1) is 9.81. The molecule has 1 nitrogen and oxygen atoms in total. The Labute approximate surface area is 133 Å². The minimum absolute atomic E-state index is 0.0185. The summed E-state index contributed by atoms with van der Waals surface area (Å²) in [7, 11) is 0. The molecular weight excluding hydrogens is 256 g/mol. The fourth-order valence-corrected chi connectivity index (χ4v) is 0.534. The van der Waals surface area contributed by atoms with Crippen LogP contribution in [0.5, 0.6) is 0 Å². The highest BCUT2D eigenvalue weighted by Gasteiger charge is 1.72. The third-order valence-corrected chi connectivity index (χ3v) is 1.18. The summed E-state index contributed by atoms with van der Waals surface area (Å²) in [6.07, 6.45) is 3.03. The first kappa shape index (κ1) is 27.6. The molecule has 0 aliphatic heterocycles. The normalized spacial score (nSPS) is 7.05. The van der Waals surface area contributed by atoms with Crippen molar-refractivity contribution < 1.29 is 5.11 Å². The number of hydrogen-bond acceptors (Lipinski definition) is 1. The maximum Gasteiger partial charge on any atom is 0.107 e. The molecule has 0 atom stereocenters. The van der Waals surface area contributed by atoms with Crippen LogP contribution in [0.4, 0.5) is 0 Å². The fourth-order valence-electron chi connectivity index (χ4n) is 0.534. The lowest BCUT2D eigenvalue weighted by molar-refractivity contribution is 0.435. The Morgan fingerprint density at radius 1 is 1.05 bits per heavy atom. The number of aryl methyl sites for hydroxylation is 1. The van der Waals surface area contributed by atoms with E-state index in [1.54, 1.807) is 6.08 Å². The third kappa shape index (κ3) is 70.9. The van der Waals surface area contributed by atoms with Gasteiger partial charge in [-0.15, -0.1) is 6.58 Å². The van der Waals surface area contributed by atoms with Gasteiger partial charge in [0.05, 0.1) is 0 Å². The Morgan fingerprint density at radius 3 is 1.38 bits per heavy atom. The molecule has 1 N–H and O–H groups in total. The van der Waals surface area contributed by atoms with Crippen molar-refractivity contribution in [1.82, 2.24) is 0 Å². The maximum atomic E-state index is 8.05. The highest BCUT2D eigenvalue weighted by molar-refractivity contribution is 5.11. The van der Waals surface area contributed by atoms with E-state index in [0.29, 0.717) is 0 Å². The molecule has 0 radical (unpaired) electrons. The van der Waals surface area contributed by atoms with Gasteiger partial charge in [0.15, 0.2) is 0 Å². The van der Waals surface area contributed by atoms with Gasteiger partial charge in [-0.05, 0) is 25.8 Å². The molecule has 0 saturated heterocycles. The van der Waals surface area contributed by atoms with E-state index in [1.807, 2.05) is 39.0 Å². The van der Waals surface area contributed by atoms with E-state index in [4.69, 9.17) is 5.11 Å². The molecule has 1 rings (SSSR count). The number of aliphatic hydroxyl groups excluding tert-OH is 1. The second-order valence-electron chi connectivity index (χ2n) is 4.49. The summed E-state index contributed by atoms with van der Waals surface area (Å²) in [6, 6.07) is 10.3. The van der Waals surface area contributed by atoms with Crippen molar-refractivity contribution in [2.45, 2.75) is 48.5 Å². The van der Waals surface area contributed by atoms with Gasteiger partial charge in [-0.1, -0.05) is 89.7 Å². The van der Waals surface area contributed by atoms with E-state index in [-0.39, 0.29) is 5.76 Å². The smallest absolute Gasteiger partial charge is 0.107 e. The molecule has 0 aliphatic rings. The number of rotatable bonds is 1. The largest absolute Gasteiger partial charge is 0.509 e. The third-order valence-electron chi connectivity index (χ3n) is 1.18. The molecule has 0 aromatic heterocycles. The van der Waals surface area contributed by atoms with Gasteiger partial charge in [0.1, 0.15) is 5.76 Å². The second kappa shape index (κ2) is 26.7. The predicted octanol–water partition coefficient (Wildman–Crippen LogP) is 7.12. The zero-order valence-corrected chi connectivity index (χ0v) is 15.2. The fraction of sp³-hybridized carbons (Fsp3) is 0.400. The van der Waals surface area contributed by atoms with Crippen molar-refractivity contribution in [2.75, 3.05) is 0 Å². The Bertz CT molecular complexity index is 307. The average Bonchev–Trinajstić information content (AvgIpc) is 2.43. The molecule has 0 spiro atoms. The Balaban J connectivity index is -0.0000000927. The maximum absolute atomic E-state index is 8.05. The molecule has 0 aliphatic carbocycles. The Hall–Kier alpha value is -1.76. The number of allylic oxidation sites excluding steroid dienone is 2. The van der Waals surface area contributed by atoms with Gasteiger partial charge in [0.25, 0.3) is 0 Å². The minimum atomic E-state index is 0.0185. The van der Waals surface area contributed by atoms with Crippen LogP contribution in [0.1, 0.15) is 47.1 Å². The first-order valence-electron chi connectivity index (χ1n) is 7.40. The van der Waals surface area contributed by atoms with Crippen molar-refractivity contribution in [3.63, 3.8) is 0 Å². The summed E-state index contributed by atoms with van der Waals surface area (Å²) in [5.74, 6) is 0.852. The standard InChI is InChI=1S/C7H8.C4H6O.C4H10.C3H6.C2H6/c1-7-5-3-2-4-6-7;1-3-4(2)5;1-4(2)3;1-3-2;1-2/h2-6H,1H3;3,5H,1-2H2;4H,1-3H3;3H,1H2,2H3;1-2H3. The summed E-state index contributed by atoms with van der Waals surface area (Å²) in [4.78, 5) is 0. The highest BCUT2D eigenvalue weighted by Crippen LogP contribution is 1.92. The molecule has 1 heteroatoms. The summed E-state index contributed by atoms with van der Waals surface area (Å²) in [6.45, 7) is 24.2. The lowest BCUT2D eigenvalue weighted by Gasteiger charge is -1.82. The Morgan fingerprint density at radius 2 is 1.29 bits per heavy atom. The second-order valence-corrected chi connectivity index (χ2v) is 4.49. The monoisotopic (exact) mass is 292 g/mol. The summed E-state index contributed by atoms with van der Waals surface area (Å²) < 4.78 is 0. The van der Waals surface area contributed by atoms with E-state index in [0.717, 1.165) is 5.92 Å². The molecule has 0 heterocycles. The van der Waals surface area contributed by atoms with E-state index >= 15 is 0 Å². The quantitative estimate of drug-likeness (QED) is 0.332. The number of aliphatic hydroxyl groups is 1. The van der Waals surface area contributed by atoms with Crippen LogP contribution in [0.25, 0.3) is 0 Å². The number of hydrogen-bond donors (Lipinski definition) is 1. The van der Waals surface area contributed by atoms with Gasteiger partial charge in [-0.3, -0.25) is 0 Å². The molecular formula is C20H36O. The summed E-state index contributed by atoms with van der Waals surface area (Å²) in [5, 5.41) is 8.05. The molecule has 122 valence electrons. The topological polar surface area (TPSA) is 20.2 Å². The molecule has 0 bridgehead atoms. The van der Waals surface area contributed by atoms with Crippen LogP contribution in [0.3, 0.4) is 0 Å². The van der Waals surface area contributed by atoms with Crippen LogP contribution in [0, 0.1) is 12.8 Å². The SMILES string of the molecule is C=CC.C=CC(=C)O.CC.CC(C)C.Cc1ccccc1. The summed E-state index contributed by atoms with van der Waals surface area (Å²) >= 11 is 0. The van der Waals surface area contributed by atoms with Crippen LogP contribution in [-0.4, -0.2) is 5.11 Å². The van der Waals surface area contributed by atoms with E-state index in [1.165, 1.54) is 11.6 Å². The number of benzene rings is 1. The van der Waals surface area contributed by atoms with Crippen molar-refractivity contribution >= 4 is 0 Å². The lowest BCUT2D eigenvalue weighted by atomic mass is 10.2. The van der Waals surface area contributed by atoms with E-state index in [2.05, 4.69) is 59.6 Å². The van der Waals surface area contributed by atoms with Gasteiger partial charge in [-0.2, -0.15) is 0 Å². The van der Waals surface area contributed by atoms with Gasteiger partial charge < -0.3 is 5.11 Å². The average molecular weight is 293 g/mol. The zero-order valence-electron chi connectivity index (χ0n) is 15.2. The Kier molecular flexibility index (Phi) is 35.1. The first-order valence-corrected chi connectivity index (χ1v) is 7.40. The van der Waals surface area contributed by atoms with E-state index < -0.39 is 0 Å². The molecule has 0 saturated carbocycles. The van der Waals surface area contributed by atoms with Gasteiger partial charge >= 0.3 is 0 Å². The molecule has 0 unspecified atom stereocenters. The van der Waals surface area contributed by atoms with E-state index in [9.17, 15) is 0 Å². The summed E-state index contributed by atoms with van der Waals surface area (Å²) in [5.41, 5.74) is 1.32.